The lowest BCUT2D eigenvalue weighted by atomic mass is 9.82. The maximum Gasteiger partial charge on any atom is 0.256 e. The first-order valence-corrected chi connectivity index (χ1v) is 9.68. The molecule has 8 heteroatoms. The number of fused-ring (bicyclic) bond motifs is 1. The summed E-state index contributed by atoms with van der Waals surface area (Å²) in [6, 6.07) is 5.97. The highest BCUT2D eigenvalue weighted by atomic mass is 35.5. The van der Waals surface area contributed by atoms with E-state index in [0.717, 1.165) is 5.39 Å². The molecule has 28 heavy (non-hydrogen) atoms. The number of nitrogens with one attached hydrogen (secondary N) is 1. The van der Waals surface area contributed by atoms with Gasteiger partial charge in [0, 0.05) is 25.0 Å². The number of nitrogens with zero attached hydrogens (tertiary/aromatic N) is 1. The first-order valence-electron chi connectivity index (χ1n) is 9.30. The number of rotatable bonds is 5. The molecule has 2 heterocycles. The van der Waals surface area contributed by atoms with Gasteiger partial charge in [0.25, 0.3) is 5.91 Å². The number of aliphatic hydroxyl groups is 1. The molecule has 6 nitrogen and oxygen atoms in total. The zero-order valence-corrected chi connectivity index (χ0v) is 17.1. The van der Waals surface area contributed by atoms with E-state index in [1.165, 1.54) is 13.2 Å². The third-order valence-corrected chi connectivity index (χ3v) is 5.71. The van der Waals surface area contributed by atoms with Crippen LogP contribution >= 0.6 is 11.6 Å². The van der Waals surface area contributed by atoms with E-state index in [-0.39, 0.29) is 18.5 Å². The molecule has 1 aromatic heterocycles. The zero-order valence-electron chi connectivity index (χ0n) is 16.3. The molecule has 1 aliphatic heterocycles. The number of carbonyl (C=O) groups excluding carboxylic acids is 1. The highest BCUT2D eigenvalue weighted by Crippen LogP contribution is 2.39. The van der Waals surface area contributed by atoms with Crippen molar-refractivity contribution in [1.82, 2.24) is 10.2 Å². The van der Waals surface area contributed by atoms with Gasteiger partial charge in [-0.2, -0.15) is 0 Å². The number of hydrogen-bond donors (Lipinski definition) is 3. The maximum atomic E-state index is 15.9. The maximum absolute atomic E-state index is 15.9. The zero-order chi connectivity index (χ0) is 20.7. The lowest BCUT2D eigenvalue weighted by Crippen LogP contribution is -2.70. The SMILES string of the molecule is CC(C)(O)CN1CCC(F)(C(C)(Cl)NC(=O)c2cccc3ccoc23)C(N)C1. The van der Waals surface area contributed by atoms with Crippen LogP contribution in [-0.4, -0.2) is 57.9 Å². The van der Waals surface area contributed by atoms with E-state index in [0.29, 0.717) is 18.7 Å². The van der Waals surface area contributed by atoms with Crippen LogP contribution in [-0.2, 0) is 0 Å². The molecule has 0 saturated carbocycles. The van der Waals surface area contributed by atoms with Crippen LogP contribution in [0.3, 0.4) is 0 Å². The van der Waals surface area contributed by atoms with Gasteiger partial charge in [0.05, 0.1) is 23.5 Å². The van der Waals surface area contributed by atoms with Gasteiger partial charge >= 0.3 is 0 Å². The Morgan fingerprint density at radius 1 is 1.46 bits per heavy atom. The van der Waals surface area contributed by atoms with Gasteiger partial charge in [-0.3, -0.25) is 9.69 Å². The van der Waals surface area contributed by atoms with Gasteiger partial charge in [0.15, 0.2) is 5.67 Å². The molecule has 1 aromatic carbocycles. The molecule has 1 fully saturated rings. The third-order valence-electron chi connectivity index (χ3n) is 5.30. The van der Waals surface area contributed by atoms with Crippen LogP contribution in [0.5, 0.6) is 0 Å². The van der Waals surface area contributed by atoms with Crippen LogP contribution in [0.15, 0.2) is 34.9 Å². The molecule has 0 radical (unpaired) electrons. The van der Waals surface area contributed by atoms with E-state index < -0.39 is 28.2 Å². The molecule has 1 amide bonds. The van der Waals surface area contributed by atoms with Gasteiger partial charge in [0.2, 0.25) is 0 Å². The summed E-state index contributed by atoms with van der Waals surface area (Å²) in [7, 11) is 0. The van der Waals surface area contributed by atoms with Crippen molar-refractivity contribution >= 4 is 28.5 Å². The summed E-state index contributed by atoms with van der Waals surface area (Å²) in [4.78, 5) is 13.0. The van der Waals surface area contributed by atoms with Gasteiger partial charge < -0.3 is 20.6 Å². The number of amides is 1. The normalized spacial score (nSPS) is 26.2. The van der Waals surface area contributed by atoms with Crippen LogP contribution in [0.1, 0.15) is 37.6 Å². The number of benzene rings is 1. The van der Waals surface area contributed by atoms with E-state index in [4.69, 9.17) is 21.8 Å². The molecular weight excluding hydrogens is 385 g/mol. The van der Waals surface area contributed by atoms with Crippen LogP contribution in [0.4, 0.5) is 4.39 Å². The topological polar surface area (TPSA) is 91.7 Å². The minimum absolute atomic E-state index is 0.0372. The molecule has 4 N–H and O–H groups in total. The predicted octanol–water partition coefficient (Wildman–Crippen LogP) is 2.63. The average molecular weight is 412 g/mol. The Balaban J connectivity index is 1.76. The van der Waals surface area contributed by atoms with E-state index in [2.05, 4.69) is 5.32 Å². The molecule has 3 rings (SSSR count). The molecule has 3 atom stereocenters. The summed E-state index contributed by atoms with van der Waals surface area (Å²) in [5, 5.41) is 13.4. The fourth-order valence-corrected chi connectivity index (χ4v) is 4.17. The molecule has 3 unspecified atom stereocenters. The van der Waals surface area contributed by atoms with Gasteiger partial charge in [-0.05, 0) is 39.3 Å². The smallest absolute Gasteiger partial charge is 0.256 e. The minimum atomic E-state index is -2.02. The Hall–Kier alpha value is -1.67. The largest absolute Gasteiger partial charge is 0.464 e. The molecule has 0 aliphatic carbocycles. The van der Waals surface area contributed by atoms with Crippen molar-refractivity contribution < 1.29 is 18.7 Å². The van der Waals surface area contributed by atoms with Crippen molar-refractivity contribution in [2.24, 2.45) is 5.73 Å². The van der Waals surface area contributed by atoms with Gasteiger partial charge in [-0.15, -0.1) is 0 Å². The number of likely N-dealkylation sites (tertiary alicyclic amines) is 1. The second kappa shape index (κ2) is 7.30. The number of carbonyl (C=O) groups is 1. The van der Waals surface area contributed by atoms with Gasteiger partial charge in [0.1, 0.15) is 10.6 Å². The second-order valence-corrected chi connectivity index (χ2v) is 9.12. The Morgan fingerprint density at radius 3 is 2.82 bits per heavy atom. The number of alkyl halides is 2. The number of β-amino-alcohol motifs (C(OH)–C–C–N with tert-alkyl or cyclic N) is 1. The van der Waals surface area contributed by atoms with Gasteiger partial charge in [-0.1, -0.05) is 23.7 Å². The minimum Gasteiger partial charge on any atom is -0.464 e. The van der Waals surface area contributed by atoms with Crippen molar-refractivity contribution in [3.8, 4) is 0 Å². The summed E-state index contributed by atoms with van der Waals surface area (Å²) in [5.41, 5.74) is 3.93. The fourth-order valence-electron chi connectivity index (χ4n) is 3.85. The number of halogens is 2. The number of hydrogen-bond acceptors (Lipinski definition) is 5. The standard InChI is InChI=1S/C20H27ClFN3O3/c1-18(2,27)12-25-9-8-20(22,15(23)11-25)19(3,21)24-17(26)14-6-4-5-13-7-10-28-16(13)14/h4-7,10,15,27H,8-9,11-12,23H2,1-3H3,(H,24,26). The number of piperidine rings is 1. The van der Waals surface area contributed by atoms with Crippen molar-refractivity contribution in [1.29, 1.82) is 0 Å². The summed E-state index contributed by atoms with van der Waals surface area (Å²) < 4.78 is 21.3. The van der Waals surface area contributed by atoms with Gasteiger partial charge in [-0.25, -0.2) is 4.39 Å². The van der Waals surface area contributed by atoms with Crippen LogP contribution < -0.4 is 11.1 Å². The first kappa shape index (κ1) is 21.0. The molecule has 2 aromatic rings. The molecule has 0 spiro atoms. The Labute approximate surface area is 168 Å². The number of furan rings is 1. The van der Waals surface area contributed by atoms with Crippen LogP contribution in [0.25, 0.3) is 11.0 Å². The van der Waals surface area contributed by atoms with Crippen molar-refractivity contribution in [3.05, 3.63) is 36.1 Å². The lowest BCUT2D eigenvalue weighted by Gasteiger charge is -2.48. The third kappa shape index (κ3) is 4.03. The quantitative estimate of drug-likeness (QED) is 0.519. The summed E-state index contributed by atoms with van der Waals surface area (Å²) in [6.07, 6.45) is 1.53. The monoisotopic (exact) mass is 411 g/mol. The van der Waals surface area contributed by atoms with E-state index in [1.807, 2.05) is 11.0 Å². The highest BCUT2D eigenvalue weighted by molar-refractivity contribution is 6.26. The Bertz CT molecular complexity index is 864. The molecule has 1 aliphatic rings. The average Bonchev–Trinajstić information content (AvgIpc) is 3.04. The van der Waals surface area contributed by atoms with E-state index >= 15 is 4.39 Å². The van der Waals surface area contributed by atoms with Crippen LogP contribution in [0.2, 0.25) is 0 Å². The summed E-state index contributed by atoms with van der Waals surface area (Å²) in [6.45, 7) is 5.79. The summed E-state index contributed by atoms with van der Waals surface area (Å²) in [5.74, 6) is -0.527. The fraction of sp³-hybridized carbons (Fsp3) is 0.550. The lowest BCUT2D eigenvalue weighted by molar-refractivity contribution is -0.0312. The van der Waals surface area contributed by atoms with Crippen LogP contribution in [0, 0.1) is 0 Å². The molecule has 154 valence electrons. The second-order valence-electron chi connectivity index (χ2n) is 8.37. The first-order chi connectivity index (χ1) is 12.9. The van der Waals surface area contributed by atoms with Crippen molar-refractivity contribution in [2.45, 2.75) is 49.5 Å². The summed E-state index contributed by atoms with van der Waals surface area (Å²) >= 11 is 6.52. The van der Waals surface area contributed by atoms with E-state index in [9.17, 15) is 9.90 Å². The highest BCUT2D eigenvalue weighted by Gasteiger charge is 2.55. The van der Waals surface area contributed by atoms with Crippen molar-refractivity contribution in [2.75, 3.05) is 19.6 Å². The Morgan fingerprint density at radius 2 is 2.18 bits per heavy atom. The molecule has 0 bridgehead atoms. The molecule has 1 saturated heterocycles. The number of nitrogens with two attached hydrogens (primary N) is 1. The number of para-hydroxylation sites is 1. The van der Waals surface area contributed by atoms with Crippen molar-refractivity contribution in [3.63, 3.8) is 0 Å². The predicted molar refractivity (Wildman–Crippen MR) is 107 cm³/mol. The molecular formula is C20H27ClFN3O3. The van der Waals surface area contributed by atoms with E-state index in [1.54, 1.807) is 32.0 Å². The Kier molecular flexibility index (Phi) is 5.49.